The summed E-state index contributed by atoms with van der Waals surface area (Å²) in [5.41, 5.74) is 3.59. The van der Waals surface area contributed by atoms with Gasteiger partial charge in [-0.25, -0.2) is 0 Å². The van der Waals surface area contributed by atoms with Crippen LogP contribution in [-0.4, -0.2) is 22.0 Å². The molecule has 1 aromatic heterocycles. The van der Waals surface area contributed by atoms with E-state index in [0.717, 1.165) is 11.1 Å². The van der Waals surface area contributed by atoms with E-state index >= 15 is 0 Å². The lowest BCUT2D eigenvalue weighted by atomic mass is 10.1. The summed E-state index contributed by atoms with van der Waals surface area (Å²) in [6, 6.07) is 18.2. The van der Waals surface area contributed by atoms with Gasteiger partial charge in [-0.2, -0.15) is 0 Å². The fourth-order valence-electron chi connectivity index (χ4n) is 2.44. The van der Waals surface area contributed by atoms with E-state index in [4.69, 9.17) is 5.11 Å². The van der Waals surface area contributed by atoms with Gasteiger partial charge in [-0.15, -0.1) is 0 Å². The molecule has 0 aliphatic rings. The summed E-state index contributed by atoms with van der Waals surface area (Å²) in [5.74, 6) is -1.16. The lowest BCUT2D eigenvalue weighted by molar-refractivity contribution is -0.136. The molecule has 5 heteroatoms. The van der Waals surface area contributed by atoms with Gasteiger partial charge in [-0.1, -0.05) is 42.5 Å². The molecule has 0 saturated carbocycles. The van der Waals surface area contributed by atoms with Gasteiger partial charge < -0.3 is 10.4 Å². The first-order valence-corrected chi connectivity index (χ1v) is 7.74. The number of pyridine rings is 1. The smallest absolute Gasteiger partial charge is 0.307 e. The van der Waals surface area contributed by atoms with Crippen molar-refractivity contribution >= 4 is 17.6 Å². The van der Waals surface area contributed by atoms with Crippen molar-refractivity contribution in [3.05, 3.63) is 84.2 Å². The summed E-state index contributed by atoms with van der Waals surface area (Å²) in [6.45, 7) is 0. The molecule has 0 fully saturated rings. The van der Waals surface area contributed by atoms with Crippen LogP contribution in [0.3, 0.4) is 0 Å². The zero-order valence-corrected chi connectivity index (χ0v) is 13.3. The molecule has 25 heavy (non-hydrogen) atoms. The Morgan fingerprint density at radius 3 is 2.32 bits per heavy atom. The van der Waals surface area contributed by atoms with Gasteiger partial charge in [-0.3, -0.25) is 14.6 Å². The number of aromatic nitrogens is 1. The van der Waals surface area contributed by atoms with Gasteiger partial charge in [0.1, 0.15) is 0 Å². The fraction of sp³-hybridized carbons (Fsp3) is 0.0500. The second-order valence-electron chi connectivity index (χ2n) is 5.55. The minimum Gasteiger partial charge on any atom is -0.481 e. The third-order valence-electron chi connectivity index (χ3n) is 3.67. The molecule has 1 heterocycles. The number of carboxylic acids is 1. The molecule has 124 valence electrons. The molecule has 0 saturated heterocycles. The normalized spacial score (nSPS) is 10.2. The number of amides is 1. The molecule has 2 aromatic carbocycles. The summed E-state index contributed by atoms with van der Waals surface area (Å²) in [7, 11) is 0. The average molecular weight is 332 g/mol. The molecule has 0 bridgehead atoms. The molecule has 0 unspecified atom stereocenters. The highest BCUT2D eigenvalue weighted by Crippen LogP contribution is 2.19. The summed E-state index contributed by atoms with van der Waals surface area (Å²) >= 11 is 0. The Hall–Kier alpha value is -3.47. The lowest BCUT2D eigenvalue weighted by Crippen LogP contribution is -2.12. The number of carboxylic acid groups (broad SMARTS) is 1. The van der Waals surface area contributed by atoms with Crippen molar-refractivity contribution in [2.24, 2.45) is 0 Å². The number of hydrogen-bond donors (Lipinski definition) is 2. The second-order valence-corrected chi connectivity index (χ2v) is 5.55. The van der Waals surface area contributed by atoms with E-state index in [9.17, 15) is 9.59 Å². The van der Waals surface area contributed by atoms with Crippen molar-refractivity contribution in [2.75, 3.05) is 5.32 Å². The van der Waals surface area contributed by atoms with Gasteiger partial charge in [0.15, 0.2) is 0 Å². The average Bonchev–Trinajstić information content (AvgIpc) is 2.64. The third-order valence-corrected chi connectivity index (χ3v) is 3.67. The molecule has 0 spiro atoms. The van der Waals surface area contributed by atoms with E-state index in [1.807, 2.05) is 30.3 Å². The van der Waals surface area contributed by atoms with Gasteiger partial charge in [0.25, 0.3) is 5.91 Å². The minimum absolute atomic E-state index is 0.0444. The third kappa shape index (κ3) is 4.29. The highest BCUT2D eigenvalue weighted by molar-refractivity contribution is 6.04. The van der Waals surface area contributed by atoms with Crippen LogP contribution in [0.2, 0.25) is 0 Å². The Labute approximate surface area is 145 Å². The molecule has 5 nitrogen and oxygen atoms in total. The van der Waals surface area contributed by atoms with E-state index in [1.165, 1.54) is 6.20 Å². The number of benzene rings is 2. The fourth-order valence-corrected chi connectivity index (χ4v) is 2.44. The summed E-state index contributed by atoms with van der Waals surface area (Å²) in [5, 5.41) is 11.6. The van der Waals surface area contributed by atoms with Gasteiger partial charge in [0.05, 0.1) is 12.0 Å². The van der Waals surface area contributed by atoms with Crippen LogP contribution in [0.5, 0.6) is 0 Å². The zero-order chi connectivity index (χ0) is 17.6. The number of nitrogens with one attached hydrogen (secondary N) is 1. The summed E-state index contributed by atoms with van der Waals surface area (Å²) < 4.78 is 0. The van der Waals surface area contributed by atoms with Gasteiger partial charge in [0.2, 0.25) is 0 Å². The van der Waals surface area contributed by atoms with Crippen LogP contribution in [0.1, 0.15) is 15.9 Å². The molecule has 1 amide bonds. The van der Waals surface area contributed by atoms with Crippen LogP contribution in [0.25, 0.3) is 11.1 Å². The largest absolute Gasteiger partial charge is 0.481 e. The van der Waals surface area contributed by atoms with Crippen LogP contribution in [0.4, 0.5) is 5.69 Å². The molecule has 3 rings (SSSR count). The van der Waals surface area contributed by atoms with Crippen LogP contribution in [-0.2, 0) is 11.2 Å². The SMILES string of the molecule is O=C(O)Cc1ccc(NC(=O)c2cncc(-c3ccccc3)c2)cc1. The molecular formula is C20H16N2O3. The van der Waals surface area contributed by atoms with Crippen molar-refractivity contribution < 1.29 is 14.7 Å². The standard InChI is InChI=1S/C20H16N2O3/c23-19(24)10-14-6-8-18(9-7-14)22-20(25)17-11-16(12-21-13-17)15-4-2-1-3-5-15/h1-9,11-13H,10H2,(H,22,25)(H,23,24). The Morgan fingerprint density at radius 2 is 1.64 bits per heavy atom. The van der Waals surface area contributed by atoms with Crippen LogP contribution in [0.15, 0.2) is 73.1 Å². The van der Waals surface area contributed by atoms with Crippen LogP contribution >= 0.6 is 0 Å². The molecule has 2 N–H and O–H groups in total. The van der Waals surface area contributed by atoms with E-state index in [0.29, 0.717) is 16.8 Å². The second kappa shape index (κ2) is 7.40. The molecule has 0 radical (unpaired) electrons. The first kappa shape index (κ1) is 16.4. The topological polar surface area (TPSA) is 79.3 Å². The highest BCUT2D eigenvalue weighted by atomic mass is 16.4. The maximum absolute atomic E-state index is 12.4. The quantitative estimate of drug-likeness (QED) is 0.748. The zero-order valence-electron chi connectivity index (χ0n) is 13.3. The van der Waals surface area contributed by atoms with Gasteiger partial charge >= 0.3 is 5.97 Å². The Bertz CT molecular complexity index is 890. The van der Waals surface area contributed by atoms with Gasteiger partial charge in [-0.05, 0) is 29.3 Å². The van der Waals surface area contributed by atoms with Crippen molar-refractivity contribution in [3.8, 4) is 11.1 Å². The molecular weight excluding hydrogens is 316 g/mol. The molecule has 0 aliphatic carbocycles. The maximum atomic E-state index is 12.4. The van der Waals surface area contributed by atoms with Crippen LogP contribution < -0.4 is 5.32 Å². The predicted octanol–water partition coefficient (Wildman–Crippen LogP) is 3.63. The first-order chi connectivity index (χ1) is 12.1. The Morgan fingerprint density at radius 1 is 0.920 bits per heavy atom. The molecule has 3 aromatic rings. The number of hydrogen-bond acceptors (Lipinski definition) is 3. The first-order valence-electron chi connectivity index (χ1n) is 7.74. The van der Waals surface area contributed by atoms with Crippen molar-refractivity contribution in [1.82, 2.24) is 4.98 Å². The van der Waals surface area contributed by atoms with E-state index in [2.05, 4.69) is 10.3 Å². The Balaban J connectivity index is 1.74. The monoisotopic (exact) mass is 332 g/mol. The minimum atomic E-state index is -0.888. The predicted molar refractivity (Wildman–Crippen MR) is 95.4 cm³/mol. The van der Waals surface area contributed by atoms with E-state index < -0.39 is 5.97 Å². The number of carbonyl (C=O) groups is 2. The van der Waals surface area contributed by atoms with Crippen molar-refractivity contribution in [2.45, 2.75) is 6.42 Å². The highest BCUT2D eigenvalue weighted by Gasteiger charge is 2.09. The molecule has 0 aliphatic heterocycles. The number of carbonyl (C=O) groups excluding carboxylic acids is 1. The lowest BCUT2D eigenvalue weighted by Gasteiger charge is -2.07. The van der Waals surface area contributed by atoms with Crippen molar-refractivity contribution in [3.63, 3.8) is 0 Å². The number of nitrogens with zero attached hydrogens (tertiary/aromatic N) is 1. The van der Waals surface area contributed by atoms with Gasteiger partial charge in [0, 0.05) is 23.6 Å². The van der Waals surface area contributed by atoms with Crippen LogP contribution in [0, 0.1) is 0 Å². The Kier molecular flexibility index (Phi) is 4.85. The summed E-state index contributed by atoms with van der Waals surface area (Å²) in [4.78, 5) is 27.2. The van der Waals surface area contributed by atoms with Crippen molar-refractivity contribution in [1.29, 1.82) is 0 Å². The number of rotatable bonds is 5. The number of anilines is 1. The van der Waals surface area contributed by atoms with E-state index in [-0.39, 0.29) is 12.3 Å². The van der Waals surface area contributed by atoms with E-state index in [1.54, 1.807) is 36.5 Å². The maximum Gasteiger partial charge on any atom is 0.307 e. The summed E-state index contributed by atoms with van der Waals surface area (Å²) in [6.07, 6.45) is 3.19. The number of aliphatic carboxylic acids is 1. The molecule has 0 atom stereocenters.